The molecular weight excluding hydrogens is 278 g/mol. The highest BCUT2D eigenvalue weighted by Gasteiger charge is 2.43. The third kappa shape index (κ3) is 3.08. The van der Waals surface area contributed by atoms with Crippen LogP contribution in [0.15, 0.2) is 30.3 Å². The van der Waals surface area contributed by atoms with Gasteiger partial charge in [0.1, 0.15) is 0 Å². The molecule has 118 valence electrons. The first-order valence-electron chi connectivity index (χ1n) is 7.96. The van der Waals surface area contributed by atoms with E-state index in [2.05, 4.69) is 36.5 Å². The molecule has 0 unspecified atom stereocenters. The van der Waals surface area contributed by atoms with Crippen molar-refractivity contribution in [1.82, 2.24) is 10.2 Å². The molecule has 4 atom stereocenters. The molecule has 3 rings (SSSR count). The fourth-order valence-electron chi connectivity index (χ4n) is 3.42. The quantitative estimate of drug-likeness (QED) is 0.888. The van der Waals surface area contributed by atoms with Crippen LogP contribution in [0.2, 0.25) is 0 Å². The van der Waals surface area contributed by atoms with E-state index in [9.17, 15) is 9.59 Å². The number of carbonyl (C=O) groups is 2. The highest BCUT2D eigenvalue weighted by molar-refractivity contribution is 5.80. The first kappa shape index (κ1) is 14.9. The summed E-state index contributed by atoms with van der Waals surface area (Å²) in [5, 5.41) is 3.08. The van der Waals surface area contributed by atoms with Crippen LogP contribution in [0, 0.1) is 11.8 Å². The minimum absolute atomic E-state index is 0.0741. The Morgan fingerprint density at radius 1 is 1.32 bits per heavy atom. The molecule has 1 saturated heterocycles. The third-order valence-corrected chi connectivity index (χ3v) is 4.94. The van der Waals surface area contributed by atoms with E-state index >= 15 is 0 Å². The monoisotopic (exact) mass is 301 g/mol. The molecule has 0 aromatic heterocycles. The Morgan fingerprint density at radius 3 is 2.68 bits per heavy atom. The van der Waals surface area contributed by atoms with Gasteiger partial charge in [0, 0.05) is 19.1 Å². The number of hydrogen-bond acceptors (Lipinski definition) is 2. The second kappa shape index (κ2) is 5.99. The molecule has 0 bridgehead atoms. The van der Waals surface area contributed by atoms with Gasteiger partial charge in [-0.05, 0) is 37.2 Å². The second-order valence-electron chi connectivity index (χ2n) is 6.49. The molecule has 0 radical (unpaired) electrons. The maximum Gasteiger partial charge on any atom is 0.317 e. The molecule has 1 heterocycles. The predicted molar refractivity (Wildman–Crippen MR) is 84.2 cm³/mol. The number of nitrogens with zero attached hydrogens (tertiary/aromatic N) is 1. The number of carbonyl (C=O) groups excluding carboxylic acids is 2. The number of likely N-dealkylation sites (tertiary alicyclic amines) is 1. The number of nitrogens with one attached hydrogen (secondary N) is 1. The van der Waals surface area contributed by atoms with Gasteiger partial charge in [0.25, 0.3) is 0 Å². The Morgan fingerprint density at radius 2 is 2.05 bits per heavy atom. The van der Waals surface area contributed by atoms with Gasteiger partial charge in [-0.2, -0.15) is 0 Å². The molecule has 1 aliphatic carbocycles. The summed E-state index contributed by atoms with van der Waals surface area (Å²) in [6.45, 7) is 3.12. The average molecular weight is 301 g/mol. The first-order chi connectivity index (χ1) is 10.6. The van der Waals surface area contributed by atoms with Gasteiger partial charge in [-0.15, -0.1) is 0 Å². The van der Waals surface area contributed by atoms with Gasteiger partial charge in [0.15, 0.2) is 0 Å². The van der Waals surface area contributed by atoms with Crippen molar-refractivity contribution in [2.24, 2.45) is 17.6 Å². The Kier molecular flexibility index (Phi) is 4.05. The van der Waals surface area contributed by atoms with E-state index < -0.39 is 0 Å². The number of rotatable bonds is 4. The molecule has 5 nitrogen and oxygen atoms in total. The van der Waals surface area contributed by atoms with Crippen LogP contribution in [0.4, 0.5) is 4.79 Å². The van der Waals surface area contributed by atoms with Crippen molar-refractivity contribution < 1.29 is 9.59 Å². The number of primary amides is 1. The van der Waals surface area contributed by atoms with E-state index in [1.807, 2.05) is 6.07 Å². The van der Waals surface area contributed by atoms with E-state index in [0.29, 0.717) is 31.3 Å². The van der Waals surface area contributed by atoms with Crippen LogP contribution in [0.1, 0.15) is 31.2 Å². The van der Waals surface area contributed by atoms with E-state index in [1.165, 1.54) is 5.56 Å². The summed E-state index contributed by atoms with van der Waals surface area (Å²) in [5.74, 6) is 0.545. The molecule has 1 aliphatic heterocycles. The van der Waals surface area contributed by atoms with Crippen LogP contribution in [0.3, 0.4) is 0 Å². The van der Waals surface area contributed by atoms with E-state index in [1.54, 1.807) is 4.90 Å². The molecule has 1 aromatic carbocycles. The Labute approximate surface area is 130 Å². The van der Waals surface area contributed by atoms with Crippen molar-refractivity contribution in [3.63, 3.8) is 0 Å². The Balaban J connectivity index is 1.50. The number of nitrogens with two attached hydrogens (primary N) is 1. The second-order valence-corrected chi connectivity index (χ2v) is 6.49. The summed E-state index contributed by atoms with van der Waals surface area (Å²) in [4.78, 5) is 25.1. The number of hydrogen-bond donors (Lipinski definition) is 2. The first-order valence-corrected chi connectivity index (χ1v) is 7.96. The number of urea groups is 1. The van der Waals surface area contributed by atoms with Crippen LogP contribution in [-0.4, -0.2) is 36.0 Å². The van der Waals surface area contributed by atoms with Gasteiger partial charge >= 0.3 is 6.03 Å². The summed E-state index contributed by atoms with van der Waals surface area (Å²) >= 11 is 0. The van der Waals surface area contributed by atoms with Crippen LogP contribution in [0.5, 0.6) is 0 Å². The Bertz CT molecular complexity index is 560. The lowest BCUT2D eigenvalue weighted by Crippen LogP contribution is -2.44. The summed E-state index contributed by atoms with van der Waals surface area (Å²) in [6.07, 6.45) is 1.79. The molecule has 3 amide bonds. The van der Waals surface area contributed by atoms with Crippen molar-refractivity contribution >= 4 is 11.9 Å². The van der Waals surface area contributed by atoms with E-state index in [-0.39, 0.29) is 23.9 Å². The number of benzene rings is 1. The lowest BCUT2D eigenvalue weighted by atomic mass is 10.1. The fourth-order valence-corrected chi connectivity index (χ4v) is 3.42. The number of amides is 3. The van der Waals surface area contributed by atoms with Crippen LogP contribution in [-0.2, 0) is 4.79 Å². The fraction of sp³-hybridized carbons (Fsp3) is 0.529. The van der Waals surface area contributed by atoms with Crippen molar-refractivity contribution in [3.8, 4) is 0 Å². The van der Waals surface area contributed by atoms with Gasteiger partial charge in [0.05, 0.1) is 5.92 Å². The van der Waals surface area contributed by atoms with Gasteiger partial charge in [-0.3, -0.25) is 4.79 Å². The highest BCUT2D eigenvalue weighted by Crippen LogP contribution is 2.49. The molecule has 1 saturated carbocycles. The smallest absolute Gasteiger partial charge is 0.317 e. The van der Waals surface area contributed by atoms with Gasteiger partial charge in [0.2, 0.25) is 5.91 Å². The largest absolute Gasteiger partial charge is 0.369 e. The third-order valence-electron chi connectivity index (χ3n) is 4.94. The minimum Gasteiger partial charge on any atom is -0.369 e. The lowest BCUT2D eigenvalue weighted by Gasteiger charge is -2.21. The lowest BCUT2D eigenvalue weighted by molar-refractivity contribution is -0.121. The molecule has 3 N–H and O–H groups in total. The summed E-state index contributed by atoms with van der Waals surface area (Å²) in [7, 11) is 0. The van der Waals surface area contributed by atoms with Gasteiger partial charge in [-0.1, -0.05) is 30.3 Å². The van der Waals surface area contributed by atoms with Crippen LogP contribution < -0.4 is 11.1 Å². The molecular formula is C17H23N3O2. The highest BCUT2D eigenvalue weighted by atomic mass is 16.2. The van der Waals surface area contributed by atoms with Crippen molar-refractivity contribution in [2.45, 2.75) is 31.7 Å². The predicted octanol–water partition coefficient (Wildman–Crippen LogP) is 1.70. The van der Waals surface area contributed by atoms with E-state index in [4.69, 9.17) is 5.73 Å². The SMILES string of the molecule is C[C@H](NC(=O)N1CC[C@H](C(N)=O)C1)[C@@H]1C[C@H]1c1ccccc1. The van der Waals surface area contributed by atoms with Crippen LogP contribution >= 0.6 is 0 Å². The summed E-state index contributed by atoms with van der Waals surface area (Å²) in [6, 6.07) is 10.5. The van der Waals surface area contributed by atoms with Gasteiger partial charge in [-0.25, -0.2) is 4.79 Å². The average Bonchev–Trinajstić information content (AvgIpc) is 3.16. The normalized spacial score (nSPS) is 28.2. The molecule has 2 fully saturated rings. The van der Waals surface area contributed by atoms with Crippen molar-refractivity contribution in [3.05, 3.63) is 35.9 Å². The Hall–Kier alpha value is -2.04. The zero-order chi connectivity index (χ0) is 15.7. The molecule has 0 spiro atoms. The van der Waals surface area contributed by atoms with Crippen molar-refractivity contribution in [1.29, 1.82) is 0 Å². The minimum atomic E-state index is -0.310. The summed E-state index contributed by atoms with van der Waals surface area (Å²) < 4.78 is 0. The van der Waals surface area contributed by atoms with Crippen LogP contribution in [0.25, 0.3) is 0 Å². The maximum atomic E-state index is 12.3. The standard InChI is InChI=1S/C17H23N3O2/c1-11(14-9-15(14)12-5-3-2-4-6-12)19-17(22)20-8-7-13(10-20)16(18)21/h2-6,11,13-15H,7-10H2,1H3,(H2,18,21)(H,19,22)/t11-,13-,14-,15-/m0/s1. The van der Waals surface area contributed by atoms with Crippen molar-refractivity contribution in [2.75, 3.05) is 13.1 Å². The van der Waals surface area contributed by atoms with Gasteiger partial charge < -0.3 is 16.0 Å². The zero-order valence-corrected chi connectivity index (χ0v) is 12.9. The maximum absolute atomic E-state index is 12.3. The van der Waals surface area contributed by atoms with E-state index in [0.717, 1.165) is 6.42 Å². The zero-order valence-electron chi connectivity index (χ0n) is 12.9. The molecule has 22 heavy (non-hydrogen) atoms. The molecule has 1 aromatic rings. The molecule has 5 heteroatoms. The molecule has 2 aliphatic rings. The topological polar surface area (TPSA) is 75.4 Å². The summed E-state index contributed by atoms with van der Waals surface area (Å²) in [5.41, 5.74) is 6.66.